The second-order valence-corrected chi connectivity index (χ2v) is 4.65. The van der Waals surface area contributed by atoms with E-state index >= 15 is 0 Å². The molecule has 0 heterocycles. The van der Waals surface area contributed by atoms with Crippen molar-refractivity contribution in [2.45, 2.75) is 19.3 Å². The van der Waals surface area contributed by atoms with Gasteiger partial charge in [-0.25, -0.2) is 9.18 Å². The number of nitrogen functional groups attached to an aromatic ring is 1. The summed E-state index contributed by atoms with van der Waals surface area (Å²) < 4.78 is 18.5. The number of nitrogens with zero attached hydrogens (tertiary/aromatic N) is 1. The van der Waals surface area contributed by atoms with Crippen LogP contribution in [0.25, 0.3) is 0 Å². The van der Waals surface area contributed by atoms with Crippen molar-refractivity contribution in [1.82, 2.24) is 0 Å². The highest BCUT2D eigenvalue weighted by Crippen LogP contribution is 2.48. The Hall–Kier alpha value is -2.09. The number of hydrogen-bond donors (Lipinski definition) is 1. The van der Waals surface area contributed by atoms with Crippen molar-refractivity contribution in [3.63, 3.8) is 0 Å². The zero-order chi connectivity index (χ0) is 13.2. The third-order valence-corrected chi connectivity index (χ3v) is 3.13. The zero-order valence-corrected chi connectivity index (χ0v) is 9.78. The van der Waals surface area contributed by atoms with E-state index in [0.29, 0.717) is 6.42 Å². The fourth-order valence-corrected chi connectivity index (χ4v) is 1.71. The average molecular weight is 248 g/mol. The summed E-state index contributed by atoms with van der Waals surface area (Å²) in [6.07, 6.45) is 2.11. The van der Waals surface area contributed by atoms with Crippen LogP contribution in [0.2, 0.25) is 0 Å². The van der Waals surface area contributed by atoms with E-state index in [1.807, 2.05) is 0 Å². The summed E-state index contributed by atoms with van der Waals surface area (Å²) in [4.78, 5) is 11.7. The van der Waals surface area contributed by atoms with Crippen LogP contribution in [0.1, 0.15) is 29.6 Å². The number of nitriles is 1. The van der Waals surface area contributed by atoms with Gasteiger partial charge < -0.3 is 10.5 Å². The smallest absolute Gasteiger partial charge is 0.341 e. The molecule has 2 rings (SSSR count). The molecule has 0 bridgehead atoms. The van der Waals surface area contributed by atoms with Crippen LogP contribution in [0, 0.1) is 22.6 Å². The first kappa shape index (κ1) is 12.4. The van der Waals surface area contributed by atoms with Gasteiger partial charge in [0.05, 0.1) is 18.2 Å². The number of halogens is 1. The topological polar surface area (TPSA) is 76.1 Å². The summed E-state index contributed by atoms with van der Waals surface area (Å²) in [5.41, 5.74) is 5.32. The summed E-state index contributed by atoms with van der Waals surface area (Å²) in [5.74, 6) is -1.40. The fraction of sp³-hybridized carbons (Fsp3) is 0.385. The van der Waals surface area contributed by atoms with Crippen molar-refractivity contribution in [2.75, 3.05) is 12.3 Å². The first-order valence-corrected chi connectivity index (χ1v) is 5.65. The molecule has 4 nitrogen and oxygen atoms in total. The zero-order valence-electron chi connectivity index (χ0n) is 9.78. The number of carbonyl (C=O) groups is 1. The monoisotopic (exact) mass is 248 g/mol. The lowest BCUT2D eigenvalue weighted by Gasteiger charge is -2.12. The van der Waals surface area contributed by atoms with Crippen LogP contribution in [0.15, 0.2) is 18.2 Å². The van der Waals surface area contributed by atoms with E-state index in [4.69, 9.17) is 15.7 Å². The number of nitrogens with two attached hydrogens (primary N) is 1. The van der Waals surface area contributed by atoms with Gasteiger partial charge in [0, 0.05) is 17.5 Å². The third kappa shape index (κ3) is 2.59. The predicted octanol–water partition coefficient (Wildman–Crippen LogP) is 2.26. The Kier molecular flexibility index (Phi) is 3.19. The molecule has 5 heteroatoms. The van der Waals surface area contributed by atoms with Crippen molar-refractivity contribution >= 4 is 11.7 Å². The number of anilines is 1. The molecular formula is C13H13FN2O2. The van der Waals surface area contributed by atoms with E-state index in [0.717, 1.165) is 18.9 Å². The molecule has 1 saturated carbocycles. The molecule has 94 valence electrons. The Morgan fingerprint density at radius 3 is 2.83 bits per heavy atom. The van der Waals surface area contributed by atoms with Gasteiger partial charge in [-0.2, -0.15) is 5.26 Å². The van der Waals surface area contributed by atoms with Gasteiger partial charge in [-0.15, -0.1) is 0 Å². The van der Waals surface area contributed by atoms with Crippen molar-refractivity contribution < 1.29 is 13.9 Å². The minimum Gasteiger partial charge on any atom is -0.461 e. The van der Waals surface area contributed by atoms with E-state index in [1.165, 1.54) is 12.1 Å². The Morgan fingerprint density at radius 1 is 1.56 bits per heavy atom. The van der Waals surface area contributed by atoms with Gasteiger partial charge in [-0.3, -0.25) is 0 Å². The molecule has 0 radical (unpaired) electrons. The first-order chi connectivity index (χ1) is 8.56. The Morgan fingerprint density at radius 2 is 2.28 bits per heavy atom. The largest absolute Gasteiger partial charge is 0.461 e. The van der Waals surface area contributed by atoms with E-state index < -0.39 is 11.8 Å². The number of ether oxygens (including phenoxy) is 1. The van der Waals surface area contributed by atoms with Crippen LogP contribution in [0.5, 0.6) is 0 Å². The maximum absolute atomic E-state index is 13.5. The number of carbonyl (C=O) groups excluding carboxylic acids is 1. The Bertz CT molecular complexity index is 518. The minimum atomic E-state index is -0.711. The summed E-state index contributed by atoms with van der Waals surface area (Å²) in [5, 5.41) is 8.63. The van der Waals surface area contributed by atoms with Gasteiger partial charge in [0.2, 0.25) is 0 Å². The fourth-order valence-electron chi connectivity index (χ4n) is 1.71. The Labute approximate surface area is 104 Å². The maximum Gasteiger partial charge on any atom is 0.341 e. The SMILES string of the molecule is N#CCC1(COC(=O)c2ccc(N)cc2F)CC1. The normalized spacial score (nSPS) is 15.8. The molecular weight excluding hydrogens is 235 g/mol. The van der Waals surface area contributed by atoms with E-state index in [2.05, 4.69) is 6.07 Å². The quantitative estimate of drug-likeness (QED) is 0.655. The lowest BCUT2D eigenvalue weighted by Crippen LogP contribution is -2.16. The highest BCUT2D eigenvalue weighted by Gasteiger charge is 2.43. The molecule has 1 aromatic rings. The van der Waals surface area contributed by atoms with Gasteiger partial charge in [0.1, 0.15) is 5.82 Å². The van der Waals surface area contributed by atoms with Crippen LogP contribution in [-0.4, -0.2) is 12.6 Å². The molecule has 0 aromatic heterocycles. The molecule has 1 aliphatic carbocycles. The van der Waals surface area contributed by atoms with Crippen LogP contribution in [0.3, 0.4) is 0 Å². The van der Waals surface area contributed by atoms with Crippen LogP contribution < -0.4 is 5.73 Å². The maximum atomic E-state index is 13.5. The molecule has 1 aromatic carbocycles. The number of rotatable bonds is 4. The predicted molar refractivity (Wildman–Crippen MR) is 63.0 cm³/mol. The van der Waals surface area contributed by atoms with Crippen LogP contribution in [0.4, 0.5) is 10.1 Å². The summed E-state index contributed by atoms with van der Waals surface area (Å²) >= 11 is 0. The molecule has 0 spiro atoms. The van der Waals surface area contributed by atoms with Gasteiger partial charge >= 0.3 is 5.97 Å². The first-order valence-electron chi connectivity index (χ1n) is 5.65. The molecule has 0 atom stereocenters. The summed E-state index contributed by atoms with van der Waals surface area (Å²) in [7, 11) is 0. The van der Waals surface area contributed by atoms with Crippen LogP contribution >= 0.6 is 0 Å². The standard InChI is InChI=1S/C13H13FN2O2/c14-11-7-9(16)1-2-10(11)12(17)18-8-13(3-4-13)5-6-15/h1-2,7H,3-5,8,16H2. The lowest BCUT2D eigenvalue weighted by atomic mass is 10.1. The van der Waals surface area contributed by atoms with Gasteiger partial charge in [0.15, 0.2) is 0 Å². The third-order valence-electron chi connectivity index (χ3n) is 3.13. The summed E-state index contributed by atoms with van der Waals surface area (Å²) in [6, 6.07) is 5.90. The summed E-state index contributed by atoms with van der Waals surface area (Å²) in [6.45, 7) is 0.170. The highest BCUT2D eigenvalue weighted by atomic mass is 19.1. The van der Waals surface area contributed by atoms with Gasteiger partial charge in [0.25, 0.3) is 0 Å². The van der Waals surface area contributed by atoms with Crippen molar-refractivity contribution in [1.29, 1.82) is 5.26 Å². The molecule has 0 unspecified atom stereocenters. The molecule has 1 aliphatic rings. The molecule has 0 saturated heterocycles. The van der Waals surface area contributed by atoms with Gasteiger partial charge in [-0.1, -0.05) is 0 Å². The number of benzene rings is 1. The number of esters is 1. The van der Waals surface area contributed by atoms with Crippen molar-refractivity contribution in [2.24, 2.45) is 5.41 Å². The van der Waals surface area contributed by atoms with Gasteiger partial charge in [-0.05, 0) is 31.0 Å². The Balaban J connectivity index is 1.98. The molecule has 18 heavy (non-hydrogen) atoms. The minimum absolute atomic E-state index is 0.128. The highest BCUT2D eigenvalue weighted by molar-refractivity contribution is 5.90. The second kappa shape index (κ2) is 4.65. The molecule has 0 amide bonds. The van der Waals surface area contributed by atoms with Crippen molar-refractivity contribution in [3.05, 3.63) is 29.6 Å². The average Bonchev–Trinajstić information content (AvgIpc) is 3.07. The molecule has 2 N–H and O–H groups in total. The molecule has 1 fully saturated rings. The van der Waals surface area contributed by atoms with Crippen LogP contribution in [-0.2, 0) is 4.74 Å². The number of hydrogen-bond acceptors (Lipinski definition) is 4. The molecule has 0 aliphatic heterocycles. The van der Waals surface area contributed by atoms with E-state index in [-0.39, 0.29) is 23.3 Å². The second-order valence-electron chi connectivity index (χ2n) is 4.65. The van der Waals surface area contributed by atoms with E-state index in [1.54, 1.807) is 0 Å². The lowest BCUT2D eigenvalue weighted by molar-refractivity contribution is 0.0414. The van der Waals surface area contributed by atoms with Crippen molar-refractivity contribution in [3.8, 4) is 6.07 Å². The van der Waals surface area contributed by atoms with E-state index in [9.17, 15) is 9.18 Å².